The topological polar surface area (TPSA) is 97.2 Å². The van der Waals surface area contributed by atoms with E-state index in [0.29, 0.717) is 12.2 Å². The summed E-state index contributed by atoms with van der Waals surface area (Å²) in [5.41, 5.74) is 0.889. The zero-order chi connectivity index (χ0) is 22.9. The third kappa shape index (κ3) is 4.14. The quantitative estimate of drug-likeness (QED) is 0.699. The fourth-order valence-electron chi connectivity index (χ4n) is 5.61. The van der Waals surface area contributed by atoms with Crippen LogP contribution in [0.5, 0.6) is 0 Å². The number of nitrogens with zero attached hydrogens (tertiary/aromatic N) is 4. The van der Waals surface area contributed by atoms with Crippen LogP contribution in [0.1, 0.15) is 50.5 Å². The first-order valence-corrected chi connectivity index (χ1v) is 11.5. The average Bonchev–Trinajstić information content (AvgIpc) is 3.08. The number of rotatable bonds is 4. The van der Waals surface area contributed by atoms with Crippen molar-refractivity contribution in [1.29, 1.82) is 0 Å². The number of carbonyl (C=O) groups is 2. The predicted octanol–water partition coefficient (Wildman–Crippen LogP) is 2.63. The molecule has 0 bridgehead atoms. The van der Waals surface area contributed by atoms with Gasteiger partial charge in [0.25, 0.3) is 0 Å². The summed E-state index contributed by atoms with van der Waals surface area (Å²) in [6.45, 7) is 4.07. The Morgan fingerprint density at radius 1 is 1.31 bits per heavy atom. The fourth-order valence-corrected chi connectivity index (χ4v) is 5.61. The Morgan fingerprint density at radius 2 is 2.06 bits per heavy atom. The maximum atomic E-state index is 13.5. The number of aliphatic hydroxyl groups is 1. The molecule has 3 aliphatic rings. The molecule has 3 heterocycles. The number of amides is 2. The van der Waals surface area contributed by atoms with Crippen molar-refractivity contribution < 1.29 is 19.8 Å². The Morgan fingerprint density at radius 3 is 2.72 bits per heavy atom. The van der Waals surface area contributed by atoms with Gasteiger partial charge in [0, 0.05) is 25.7 Å². The molecule has 0 radical (unpaired) electrons. The molecule has 32 heavy (non-hydrogen) atoms. The monoisotopic (exact) mass is 440 g/mol. The van der Waals surface area contributed by atoms with Crippen molar-refractivity contribution in [2.24, 2.45) is 5.41 Å². The SMILES string of the molecule is C#CCN(C(=O)O)c1cnc(N2CCC[C@@]3(CCN(C4CCC(O)CC4)C3=O)C2)cc1C. The summed E-state index contributed by atoms with van der Waals surface area (Å²) in [5.74, 6) is 3.39. The molecule has 8 nitrogen and oxygen atoms in total. The molecule has 0 aromatic carbocycles. The molecule has 172 valence electrons. The molecule has 1 aromatic rings. The van der Waals surface area contributed by atoms with Crippen molar-refractivity contribution in [3.05, 3.63) is 17.8 Å². The summed E-state index contributed by atoms with van der Waals surface area (Å²) in [6, 6.07) is 2.14. The van der Waals surface area contributed by atoms with E-state index in [1.165, 1.54) is 0 Å². The van der Waals surface area contributed by atoms with Gasteiger partial charge >= 0.3 is 6.09 Å². The Balaban J connectivity index is 1.50. The van der Waals surface area contributed by atoms with Crippen LogP contribution in [0.2, 0.25) is 0 Å². The molecule has 2 amide bonds. The van der Waals surface area contributed by atoms with Gasteiger partial charge < -0.3 is 20.0 Å². The number of pyridine rings is 1. The Bertz CT molecular complexity index is 921. The van der Waals surface area contributed by atoms with E-state index in [1.807, 2.05) is 13.0 Å². The van der Waals surface area contributed by atoms with Gasteiger partial charge in [-0.3, -0.25) is 9.69 Å². The summed E-state index contributed by atoms with van der Waals surface area (Å²) in [4.78, 5) is 35.0. The number of hydrogen-bond acceptors (Lipinski definition) is 5. The number of anilines is 2. The lowest BCUT2D eigenvalue weighted by Crippen LogP contribution is -2.50. The molecule has 1 aliphatic carbocycles. The first-order chi connectivity index (χ1) is 15.3. The molecular weight excluding hydrogens is 408 g/mol. The molecule has 3 fully saturated rings. The molecule has 2 aliphatic heterocycles. The van der Waals surface area contributed by atoms with Gasteiger partial charge in [-0.2, -0.15) is 0 Å². The number of likely N-dealkylation sites (tertiary alicyclic amines) is 1. The molecular formula is C24H32N4O4. The van der Waals surface area contributed by atoms with Crippen molar-refractivity contribution in [3.8, 4) is 12.3 Å². The summed E-state index contributed by atoms with van der Waals surface area (Å²) in [5, 5.41) is 19.3. The normalized spacial score (nSPS) is 28.1. The number of hydrogen-bond donors (Lipinski definition) is 2. The molecule has 4 rings (SSSR count). The van der Waals surface area contributed by atoms with E-state index in [1.54, 1.807) is 6.20 Å². The lowest BCUT2D eigenvalue weighted by Gasteiger charge is -2.41. The molecule has 0 unspecified atom stereocenters. The van der Waals surface area contributed by atoms with Gasteiger partial charge in [0.15, 0.2) is 0 Å². The van der Waals surface area contributed by atoms with Gasteiger partial charge in [-0.05, 0) is 63.5 Å². The van der Waals surface area contributed by atoms with Gasteiger partial charge in [-0.25, -0.2) is 9.78 Å². The molecule has 2 N–H and O–H groups in total. The van der Waals surface area contributed by atoms with Gasteiger partial charge in [-0.15, -0.1) is 6.42 Å². The van der Waals surface area contributed by atoms with Gasteiger partial charge in [-0.1, -0.05) is 5.92 Å². The lowest BCUT2D eigenvalue weighted by atomic mass is 9.78. The summed E-state index contributed by atoms with van der Waals surface area (Å²) in [7, 11) is 0. The molecule has 1 aromatic heterocycles. The van der Waals surface area contributed by atoms with Crippen LogP contribution in [0, 0.1) is 24.7 Å². The minimum Gasteiger partial charge on any atom is -0.465 e. The maximum absolute atomic E-state index is 13.5. The Hall–Kier alpha value is -2.79. The van der Waals surface area contributed by atoms with Crippen LogP contribution in [0.3, 0.4) is 0 Å². The first kappa shape index (κ1) is 22.4. The highest BCUT2D eigenvalue weighted by molar-refractivity contribution is 5.88. The number of carbonyl (C=O) groups excluding carboxylic acids is 1. The second-order valence-electron chi connectivity index (χ2n) is 9.42. The fraction of sp³-hybridized carbons (Fsp3) is 0.625. The number of piperidine rings is 1. The molecule has 1 saturated carbocycles. The van der Waals surface area contributed by atoms with E-state index in [2.05, 4.69) is 20.7 Å². The van der Waals surface area contributed by atoms with Crippen LogP contribution in [0.4, 0.5) is 16.3 Å². The van der Waals surface area contributed by atoms with E-state index < -0.39 is 6.09 Å². The number of aliphatic hydroxyl groups excluding tert-OH is 1. The van der Waals surface area contributed by atoms with E-state index >= 15 is 0 Å². The maximum Gasteiger partial charge on any atom is 0.412 e. The van der Waals surface area contributed by atoms with Gasteiger partial charge in [0.05, 0.1) is 29.9 Å². The first-order valence-electron chi connectivity index (χ1n) is 11.5. The van der Waals surface area contributed by atoms with Crippen molar-refractivity contribution in [3.63, 3.8) is 0 Å². The minimum atomic E-state index is -1.11. The lowest BCUT2D eigenvalue weighted by molar-refractivity contribution is -0.139. The van der Waals surface area contributed by atoms with Crippen LogP contribution >= 0.6 is 0 Å². The molecule has 8 heteroatoms. The third-order valence-corrected chi connectivity index (χ3v) is 7.39. The van der Waals surface area contributed by atoms with Crippen LogP contribution < -0.4 is 9.80 Å². The molecule has 2 saturated heterocycles. The van der Waals surface area contributed by atoms with Crippen molar-refractivity contribution in [2.45, 2.75) is 64.0 Å². The highest BCUT2D eigenvalue weighted by atomic mass is 16.4. The minimum absolute atomic E-state index is 0.0352. The standard InChI is InChI=1S/C24H32N4O4/c1-3-11-28(23(31)32)20-15-25-21(14-17(20)2)26-12-4-9-24(16-26)10-13-27(22(24)30)18-5-7-19(29)8-6-18/h1,14-15,18-19,29H,4-13,16H2,2H3,(H,31,32)/t18?,19?,24-/m1/s1. The second kappa shape index (κ2) is 8.99. The summed E-state index contributed by atoms with van der Waals surface area (Å²) < 4.78 is 0. The van der Waals surface area contributed by atoms with Gasteiger partial charge in [0.1, 0.15) is 5.82 Å². The highest BCUT2D eigenvalue weighted by Gasteiger charge is 2.50. The second-order valence-corrected chi connectivity index (χ2v) is 9.42. The predicted molar refractivity (Wildman–Crippen MR) is 122 cm³/mol. The zero-order valence-corrected chi connectivity index (χ0v) is 18.7. The van der Waals surface area contributed by atoms with Gasteiger partial charge in [0.2, 0.25) is 5.91 Å². The van der Waals surface area contributed by atoms with Crippen LogP contribution in [-0.4, -0.2) is 70.4 Å². The van der Waals surface area contributed by atoms with E-state index in [4.69, 9.17) is 6.42 Å². The number of carboxylic acid groups (broad SMARTS) is 1. The smallest absolute Gasteiger partial charge is 0.412 e. The summed E-state index contributed by atoms with van der Waals surface area (Å²) in [6.07, 6.45) is 11.5. The average molecular weight is 441 g/mol. The van der Waals surface area contributed by atoms with Crippen molar-refractivity contribution in [1.82, 2.24) is 9.88 Å². The van der Waals surface area contributed by atoms with Crippen molar-refractivity contribution in [2.75, 3.05) is 36.0 Å². The van der Waals surface area contributed by atoms with Crippen LogP contribution in [0.25, 0.3) is 0 Å². The van der Waals surface area contributed by atoms with Crippen molar-refractivity contribution >= 4 is 23.5 Å². The number of terminal acetylenes is 1. The van der Waals surface area contributed by atoms with E-state index in [-0.39, 0.29) is 30.0 Å². The van der Waals surface area contributed by atoms with Crippen LogP contribution in [-0.2, 0) is 4.79 Å². The highest BCUT2D eigenvalue weighted by Crippen LogP contribution is 2.43. The Labute approximate surface area is 189 Å². The largest absolute Gasteiger partial charge is 0.465 e. The molecule has 1 atom stereocenters. The Kier molecular flexibility index (Phi) is 6.29. The van der Waals surface area contributed by atoms with E-state index in [0.717, 1.165) is 74.3 Å². The van der Waals surface area contributed by atoms with E-state index in [9.17, 15) is 19.8 Å². The zero-order valence-electron chi connectivity index (χ0n) is 18.7. The number of aryl methyl sites for hydroxylation is 1. The summed E-state index contributed by atoms with van der Waals surface area (Å²) >= 11 is 0. The molecule has 1 spiro atoms. The number of aromatic nitrogens is 1. The van der Waals surface area contributed by atoms with Crippen LogP contribution in [0.15, 0.2) is 12.3 Å². The third-order valence-electron chi connectivity index (χ3n) is 7.39.